The largest absolute Gasteiger partial charge is 0.480 e. The number of anilines is 1. The maximum atomic E-state index is 10.8. The van der Waals surface area contributed by atoms with E-state index in [4.69, 9.17) is 9.84 Å². The zero-order valence-electron chi connectivity index (χ0n) is 10.6. The maximum Gasteiger partial charge on any atom is 0.323 e. The van der Waals surface area contributed by atoms with Gasteiger partial charge < -0.3 is 14.7 Å². The predicted molar refractivity (Wildman–Crippen MR) is 73.9 cm³/mol. The van der Waals surface area contributed by atoms with Gasteiger partial charge in [-0.25, -0.2) is 0 Å². The predicted octanol–water partition coefficient (Wildman–Crippen LogP) is 3.00. The SMILES string of the molecule is CN(CC(=O)O)c1ccccc1Oc1ccccc1. The Bertz CT molecular complexity index is 554. The number of para-hydroxylation sites is 3. The molecule has 19 heavy (non-hydrogen) atoms. The third-order valence-corrected chi connectivity index (χ3v) is 2.62. The van der Waals surface area contributed by atoms with Crippen molar-refractivity contribution in [3.63, 3.8) is 0 Å². The normalized spacial score (nSPS) is 9.95. The van der Waals surface area contributed by atoms with Gasteiger partial charge in [-0.1, -0.05) is 30.3 Å². The van der Waals surface area contributed by atoms with Crippen LogP contribution < -0.4 is 9.64 Å². The van der Waals surface area contributed by atoms with Crippen LogP contribution in [0.1, 0.15) is 0 Å². The summed E-state index contributed by atoms with van der Waals surface area (Å²) in [5.41, 5.74) is 0.744. The first-order valence-electron chi connectivity index (χ1n) is 5.91. The molecule has 0 saturated carbocycles. The molecule has 2 aromatic carbocycles. The van der Waals surface area contributed by atoms with Crippen molar-refractivity contribution < 1.29 is 14.6 Å². The molecule has 0 fully saturated rings. The summed E-state index contributed by atoms with van der Waals surface area (Å²) in [6.45, 7) is -0.0742. The zero-order valence-corrected chi connectivity index (χ0v) is 10.6. The van der Waals surface area contributed by atoms with E-state index in [0.717, 1.165) is 11.4 Å². The average Bonchev–Trinajstić information content (AvgIpc) is 2.39. The minimum atomic E-state index is -0.878. The lowest BCUT2D eigenvalue weighted by atomic mass is 10.2. The summed E-state index contributed by atoms with van der Waals surface area (Å²) in [6, 6.07) is 16.8. The van der Waals surface area contributed by atoms with Crippen LogP contribution >= 0.6 is 0 Å². The van der Waals surface area contributed by atoms with Gasteiger partial charge in [0.25, 0.3) is 0 Å². The summed E-state index contributed by atoms with van der Waals surface area (Å²) < 4.78 is 5.78. The fourth-order valence-electron chi connectivity index (χ4n) is 1.76. The Labute approximate surface area is 111 Å². The van der Waals surface area contributed by atoms with Crippen molar-refractivity contribution in [1.29, 1.82) is 0 Å². The first kappa shape index (κ1) is 13.0. The number of carboxylic acids is 1. The van der Waals surface area contributed by atoms with Gasteiger partial charge >= 0.3 is 5.97 Å². The highest BCUT2D eigenvalue weighted by atomic mass is 16.5. The Hall–Kier alpha value is -2.49. The van der Waals surface area contributed by atoms with Gasteiger partial charge in [-0.05, 0) is 24.3 Å². The molecular weight excluding hydrogens is 242 g/mol. The Balaban J connectivity index is 2.23. The number of aliphatic carboxylic acids is 1. The van der Waals surface area contributed by atoms with Crippen LogP contribution in [-0.2, 0) is 4.79 Å². The van der Waals surface area contributed by atoms with Crippen LogP contribution in [0.25, 0.3) is 0 Å². The van der Waals surface area contributed by atoms with Crippen LogP contribution in [0.2, 0.25) is 0 Å². The van der Waals surface area contributed by atoms with Crippen molar-refractivity contribution in [3.05, 3.63) is 54.6 Å². The monoisotopic (exact) mass is 257 g/mol. The fourth-order valence-corrected chi connectivity index (χ4v) is 1.76. The molecule has 0 spiro atoms. The highest BCUT2D eigenvalue weighted by molar-refractivity contribution is 5.75. The molecule has 0 heterocycles. The number of hydrogen-bond acceptors (Lipinski definition) is 3. The van der Waals surface area contributed by atoms with Crippen LogP contribution in [-0.4, -0.2) is 24.7 Å². The van der Waals surface area contributed by atoms with Crippen molar-refractivity contribution in [2.24, 2.45) is 0 Å². The fraction of sp³-hybridized carbons (Fsp3) is 0.133. The summed E-state index contributed by atoms with van der Waals surface area (Å²) in [7, 11) is 1.72. The number of carboxylic acid groups (broad SMARTS) is 1. The molecule has 0 unspecified atom stereocenters. The quantitative estimate of drug-likeness (QED) is 0.894. The van der Waals surface area contributed by atoms with E-state index in [2.05, 4.69) is 0 Å². The molecule has 2 rings (SSSR count). The van der Waals surface area contributed by atoms with Gasteiger partial charge in [0.1, 0.15) is 12.3 Å². The number of rotatable bonds is 5. The van der Waals surface area contributed by atoms with E-state index in [-0.39, 0.29) is 6.54 Å². The summed E-state index contributed by atoms with van der Waals surface area (Å²) >= 11 is 0. The summed E-state index contributed by atoms with van der Waals surface area (Å²) in [5.74, 6) is 0.480. The number of hydrogen-bond donors (Lipinski definition) is 1. The van der Waals surface area contributed by atoms with Crippen molar-refractivity contribution in [1.82, 2.24) is 0 Å². The lowest BCUT2D eigenvalue weighted by molar-refractivity contribution is -0.135. The smallest absolute Gasteiger partial charge is 0.323 e. The van der Waals surface area contributed by atoms with E-state index < -0.39 is 5.97 Å². The van der Waals surface area contributed by atoms with E-state index >= 15 is 0 Å². The van der Waals surface area contributed by atoms with Gasteiger partial charge in [0, 0.05) is 7.05 Å². The van der Waals surface area contributed by atoms with Crippen LogP contribution in [0.3, 0.4) is 0 Å². The van der Waals surface area contributed by atoms with Crippen molar-refractivity contribution in [2.45, 2.75) is 0 Å². The molecule has 0 amide bonds. The van der Waals surface area contributed by atoms with Crippen molar-refractivity contribution >= 4 is 11.7 Å². The number of carbonyl (C=O) groups is 1. The van der Waals surface area contributed by atoms with Crippen LogP contribution in [0.15, 0.2) is 54.6 Å². The Morgan fingerprint density at radius 3 is 2.42 bits per heavy atom. The van der Waals surface area contributed by atoms with Gasteiger partial charge in [0.2, 0.25) is 0 Å². The molecule has 4 nitrogen and oxygen atoms in total. The van der Waals surface area contributed by atoms with Crippen LogP contribution in [0.5, 0.6) is 11.5 Å². The number of benzene rings is 2. The highest BCUT2D eigenvalue weighted by Gasteiger charge is 2.11. The molecule has 2 aromatic rings. The van der Waals surface area contributed by atoms with Gasteiger partial charge in [-0.15, -0.1) is 0 Å². The topological polar surface area (TPSA) is 49.8 Å². The Kier molecular flexibility index (Phi) is 4.03. The lowest BCUT2D eigenvalue weighted by Gasteiger charge is -2.20. The van der Waals surface area contributed by atoms with Gasteiger partial charge in [0.05, 0.1) is 5.69 Å². The molecular formula is C15H15NO3. The summed E-state index contributed by atoms with van der Waals surface area (Å²) in [6.07, 6.45) is 0. The molecule has 0 aliphatic heterocycles. The standard InChI is InChI=1S/C15H15NO3/c1-16(11-15(17)18)13-9-5-6-10-14(13)19-12-7-3-2-4-8-12/h2-10H,11H2,1H3,(H,17,18). The molecule has 0 radical (unpaired) electrons. The second kappa shape index (κ2) is 5.91. The van der Waals surface area contributed by atoms with Crippen molar-refractivity contribution in [2.75, 3.05) is 18.5 Å². The number of likely N-dealkylation sites (N-methyl/N-ethyl adjacent to an activating group) is 1. The van der Waals surface area contributed by atoms with Gasteiger partial charge in [-0.3, -0.25) is 4.79 Å². The van der Waals surface area contributed by atoms with Crippen molar-refractivity contribution in [3.8, 4) is 11.5 Å². The second-order valence-electron chi connectivity index (χ2n) is 4.13. The molecule has 0 atom stereocenters. The molecule has 0 saturated heterocycles. The van der Waals surface area contributed by atoms with E-state index in [0.29, 0.717) is 5.75 Å². The molecule has 0 aromatic heterocycles. The first-order valence-corrected chi connectivity index (χ1v) is 5.91. The molecule has 0 bridgehead atoms. The number of nitrogens with zero attached hydrogens (tertiary/aromatic N) is 1. The van der Waals surface area contributed by atoms with E-state index in [1.54, 1.807) is 11.9 Å². The molecule has 1 N–H and O–H groups in total. The van der Waals surface area contributed by atoms with Gasteiger partial charge in [0.15, 0.2) is 5.75 Å². The molecule has 0 aliphatic rings. The summed E-state index contributed by atoms with van der Waals surface area (Å²) in [5, 5.41) is 8.84. The molecule has 4 heteroatoms. The third-order valence-electron chi connectivity index (χ3n) is 2.62. The second-order valence-corrected chi connectivity index (χ2v) is 4.13. The Morgan fingerprint density at radius 1 is 1.11 bits per heavy atom. The minimum absolute atomic E-state index is 0.0742. The first-order chi connectivity index (χ1) is 9.16. The average molecular weight is 257 g/mol. The van der Waals surface area contributed by atoms with Crippen LogP contribution in [0.4, 0.5) is 5.69 Å². The molecule has 0 aliphatic carbocycles. The van der Waals surface area contributed by atoms with Crippen LogP contribution in [0, 0.1) is 0 Å². The van der Waals surface area contributed by atoms with Gasteiger partial charge in [-0.2, -0.15) is 0 Å². The van der Waals surface area contributed by atoms with E-state index in [1.807, 2.05) is 54.6 Å². The zero-order chi connectivity index (χ0) is 13.7. The lowest BCUT2D eigenvalue weighted by Crippen LogP contribution is -2.25. The highest BCUT2D eigenvalue weighted by Crippen LogP contribution is 2.31. The third kappa shape index (κ3) is 3.48. The summed E-state index contributed by atoms with van der Waals surface area (Å²) in [4.78, 5) is 12.4. The minimum Gasteiger partial charge on any atom is -0.480 e. The van der Waals surface area contributed by atoms with E-state index in [1.165, 1.54) is 0 Å². The Morgan fingerprint density at radius 2 is 1.74 bits per heavy atom. The number of ether oxygens (including phenoxy) is 1. The van der Waals surface area contributed by atoms with E-state index in [9.17, 15) is 4.79 Å². The molecule has 98 valence electrons. The maximum absolute atomic E-state index is 10.8.